The molecule has 0 spiro atoms. The summed E-state index contributed by atoms with van der Waals surface area (Å²) >= 11 is 0. The Labute approximate surface area is 168 Å². The Balaban J connectivity index is 1.21. The lowest BCUT2D eigenvalue weighted by Gasteiger charge is -2.15. The number of ether oxygens (including phenoxy) is 1. The molecule has 0 bridgehead atoms. The van der Waals surface area contributed by atoms with Gasteiger partial charge in [-0.2, -0.15) is 10.2 Å². The minimum absolute atomic E-state index is 0.00370. The highest BCUT2D eigenvalue weighted by Crippen LogP contribution is 2.38. The summed E-state index contributed by atoms with van der Waals surface area (Å²) in [5, 5.41) is 14.6. The quantitative estimate of drug-likeness (QED) is 0.672. The largest absolute Gasteiger partial charge is 0.497 e. The van der Waals surface area contributed by atoms with Gasteiger partial charge in [-0.25, -0.2) is 4.98 Å². The van der Waals surface area contributed by atoms with Gasteiger partial charge in [-0.05, 0) is 55.5 Å². The number of amides is 1. The molecule has 1 atom stereocenters. The van der Waals surface area contributed by atoms with Crippen LogP contribution in [0.2, 0.25) is 0 Å². The molecule has 1 unspecified atom stereocenters. The van der Waals surface area contributed by atoms with E-state index in [1.54, 1.807) is 7.11 Å². The van der Waals surface area contributed by atoms with Crippen molar-refractivity contribution in [1.29, 1.82) is 0 Å². The first kappa shape index (κ1) is 17.9. The van der Waals surface area contributed by atoms with Gasteiger partial charge in [0.05, 0.1) is 12.8 Å². The van der Waals surface area contributed by atoms with Gasteiger partial charge in [-0.15, -0.1) is 0 Å². The minimum atomic E-state index is -0.00370. The van der Waals surface area contributed by atoms with E-state index in [2.05, 4.69) is 25.4 Å². The fourth-order valence-corrected chi connectivity index (χ4v) is 3.89. The van der Waals surface area contributed by atoms with Gasteiger partial charge in [-0.1, -0.05) is 0 Å². The van der Waals surface area contributed by atoms with Gasteiger partial charge in [0.2, 0.25) is 0 Å². The zero-order valence-electron chi connectivity index (χ0n) is 16.4. The van der Waals surface area contributed by atoms with Crippen LogP contribution in [0.25, 0.3) is 11.3 Å². The van der Waals surface area contributed by atoms with Crippen LogP contribution in [0.3, 0.4) is 0 Å². The number of nitrogens with zero attached hydrogens (tertiary/aromatic N) is 4. The normalized spacial score (nSPS) is 18.9. The Kier molecular flexibility index (Phi) is 4.54. The number of nitrogens with one attached hydrogen (secondary N) is 2. The van der Waals surface area contributed by atoms with Crippen LogP contribution in [-0.2, 0) is 6.42 Å². The molecule has 1 aliphatic carbocycles. The van der Waals surface area contributed by atoms with Crippen LogP contribution in [0, 0.1) is 5.92 Å². The summed E-state index contributed by atoms with van der Waals surface area (Å²) in [4.78, 5) is 19.4. The highest BCUT2D eigenvalue weighted by molar-refractivity contribution is 5.93. The van der Waals surface area contributed by atoms with Crippen molar-refractivity contribution in [3.63, 3.8) is 0 Å². The summed E-state index contributed by atoms with van der Waals surface area (Å²) in [6.07, 6.45) is 4.21. The van der Waals surface area contributed by atoms with Crippen LogP contribution >= 0.6 is 0 Å². The van der Waals surface area contributed by atoms with Crippen molar-refractivity contribution in [2.45, 2.75) is 31.6 Å². The number of methoxy groups -OCH3 is 1. The third-order valence-corrected chi connectivity index (χ3v) is 5.74. The molecular weight excluding hydrogens is 368 g/mol. The van der Waals surface area contributed by atoms with E-state index in [1.807, 2.05) is 35.2 Å². The molecule has 1 aromatic carbocycles. The predicted molar refractivity (Wildman–Crippen MR) is 107 cm³/mol. The van der Waals surface area contributed by atoms with Gasteiger partial charge in [0.15, 0.2) is 5.82 Å². The van der Waals surface area contributed by atoms with Crippen LogP contribution in [0.15, 0.2) is 30.3 Å². The van der Waals surface area contributed by atoms with Crippen LogP contribution in [-0.4, -0.2) is 56.4 Å². The molecule has 5 rings (SSSR count). The standard InChI is InChI=1S/C21H24N6O2/c1-29-16-6-4-14(5-7-16)17-11-18(24-23-17)21(28)27-9-8-13(12-27)10-19-22-20(26-25-19)15-2-3-15/h4-7,11,13,15H,2-3,8-10,12H2,1H3,(H,23,24)(H,22,25,26). The predicted octanol–water partition coefficient (Wildman–Crippen LogP) is 2.79. The van der Waals surface area contributed by atoms with Crippen molar-refractivity contribution in [3.05, 3.63) is 47.7 Å². The molecular formula is C21H24N6O2. The van der Waals surface area contributed by atoms with Gasteiger partial charge in [0, 0.05) is 31.0 Å². The fourth-order valence-electron chi connectivity index (χ4n) is 3.89. The highest BCUT2D eigenvalue weighted by Gasteiger charge is 2.31. The third kappa shape index (κ3) is 3.74. The molecule has 2 fully saturated rings. The second-order valence-corrected chi connectivity index (χ2v) is 7.92. The minimum Gasteiger partial charge on any atom is -0.497 e. The summed E-state index contributed by atoms with van der Waals surface area (Å²) in [5.74, 6) is 3.64. The summed E-state index contributed by atoms with van der Waals surface area (Å²) in [6, 6.07) is 9.45. The number of hydrogen-bond donors (Lipinski definition) is 2. The zero-order valence-corrected chi connectivity index (χ0v) is 16.4. The average molecular weight is 392 g/mol. The Morgan fingerprint density at radius 2 is 2.00 bits per heavy atom. The van der Waals surface area contributed by atoms with Gasteiger partial charge in [0.1, 0.15) is 17.3 Å². The van der Waals surface area contributed by atoms with Gasteiger partial charge in [-0.3, -0.25) is 15.0 Å². The smallest absolute Gasteiger partial charge is 0.271 e. The molecule has 2 N–H and O–H groups in total. The molecule has 8 heteroatoms. The monoisotopic (exact) mass is 392 g/mol. The molecule has 2 aliphatic rings. The van der Waals surface area contributed by atoms with E-state index < -0.39 is 0 Å². The number of aromatic amines is 2. The van der Waals surface area contributed by atoms with Crippen LogP contribution in [0.1, 0.15) is 47.3 Å². The molecule has 29 heavy (non-hydrogen) atoms. The Morgan fingerprint density at radius 3 is 2.76 bits per heavy atom. The van der Waals surface area contributed by atoms with Crippen molar-refractivity contribution in [2.24, 2.45) is 5.92 Å². The van der Waals surface area contributed by atoms with Crippen LogP contribution in [0.4, 0.5) is 0 Å². The molecule has 150 valence electrons. The Morgan fingerprint density at radius 1 is 1.17 bits per heavy atom. The molecule has 3 aromatic rings. The summed E-state index contributed by atoms with van der Waals surface area (Å²) in [6.45, 7) is 1.49. The first-order valence-corrected chi connectivity index (χ1v) is 10.1. The van der Waals surface area contributed by atoms with Crippen molar-refractivity contribution in [1.82, 2.24) is 30.3 Å². The average Bonchev–Trinajstić information content (AvgIpc) is 3.14. The van der Waals surface area contributed by atoms with E-state index in [1.165, 1.54) is 12.8 Å². The lowest BCUT2D eigenvalue weighted by Crippen LogP contribution is -2.29. The molecule has 1 aliphatic heterocycles. The second-order valence-electron chi connectivity index (χ2n) is 7.92. The van der Waals surface area contributed by atoms with E-state index in [-0.39, 0.29) is 5.91 Å². The van der Waals surface area contributed by atoms with Gasteiger partial charge < -0.3 is 9.64 Å². The summed E-state index contributed by atoms with van der Waals surface area (Å²) < 4.78 is 5.18. The van der Waals surface area contributed by atoms with Gasteiger partial charge in [0.25, 0.3) is 5.91 Å². The molecule has 1 amide bonds. The van der Waals surface area contributed by atoms with E-state index in [0.717, 1.165) is 54.6 Å². The van der Waals surface area contributed by atoms with E-state index in [9.17, 15) is 4.79 Å². The number of benzene rings is 1. The molecule has 8 nitrogen and oxygen atoms in total. The van der Waals surface area contributed by atoms with Crippen molar-refractivity contribution in [2.75, 3.05) is 20.2 Å². The maximum absolute atomic E-state index is 12.9. The molecule has 2 aromatic heterocycles. The van der Waals surface area contributed by atoms with Crippen LogP contribution in [0.5, 0.6) is 5.75 Å². The van der Waals surface area contributed by atoms with Crippen molar-refractivity contribution in [3.8, 4) is 17.0 Å². The molecule has 1 saturated carbocycles. The number of H-pyrrole nitrogens is 2. The molecule has 0 radical (unpaired) electrons. The number of aromatic nitrogens is 5. The summed E-state index contributed by atoms with van der Waals surface area (Å²) in [5.41, 5.74) is 2.21. The van der Waals surface area contributed by atoms with Gasteiger partial charge >= 0.3 is 0 Å². The second kappa shape index (κ2) is 7.35. The Hall–Kier alpha value is -3.16. The number of carbonyl (C=O) groups is 1. The first-order valence-electron chi connectivity index (χ1n) is 10.1. The third-order valence-electron chi connectivity index (χ3n) is 5.74. The van der Waals surface area contributed by atoms with Crippen molar-refractivity contribution < 1.29 is 9.53 Å². The number of hydrogen-bond acceptors (Lipinski definition) is 5. The fraction of sp³-hybridized carbons (Fsp3) is 0.429. The SMILES string of the molecule is COc1ccc(-c2cc(C(=O)N3CCC(Cc4nc(C5CC5)n[nH]4)C3)[nH]n2)cc1. The topological polar surface area (TPSA) is 99.8 Å². The van der Waals surface area contributed by atoms with E-state index in [4.69, 9.17) is 4.74 Å². The lowest BCUT2D eigenvalue weighted by atomic mass is 10.1. The highest BCUT2D eigenvalue weighted by atomic mass is 16.5. The zero-order chi connectivity index (χ0) is 19.8. The number of carbonyl (C=O) groups excluding carboxylic acids is 1. The Bertz CT molecular complexity index is 1000. The van der Waals surface area contributed by atoms with E-state index in [0.29, 0.717) is 17.5 Å². The lowest BCUT2D eigenvalue weighted by molar-refractivity contribution is 0.0781. The maximum Gasteiger partial charge on any atom is 0.271 e. The molecule has 3 heterocycles. The first-order chi connectivity index (χ1) is 14.2. The van der Waals surface area contributed by atoms with Crippen molar-refractivity contribution >= 4 is 5.91 Å². The number of likely N-dealkylation sites (tertiary alicyclic amines) is 1. The van der Waals surface area contributed by atoms with Crippen LogP contribution < -0.4 is 4.74 Å². The maximum atomic E-state index is 12.9. The van der Waals surface area contributed by atoms with E-state index >= 15 is 0 Å². The number of rotatable bonds is 6. The summed E-state index contributed by atoms with van der Waals surface area (Å²) in [7, 11) is 1.64. The molecule has 1 saturated heterocycles.